The molecule has 0 fully saturated rings. The second-order valence-electron chi connectivity index (χ2n) is 5.02. The smallest absolute Gasteiger partial charge is 0.264 e. The van der Waals surface area contributed by atoms with Crippen LogP contribution >= 0.6 is 0 Å². The number of benzene rings is 2. The molecule has 2 rings (SSSR count). The minimum atomic E-state index is -3.93. The fourth-order valence-corrected chi connectivity index (χ4v) is 3.34. The first-order valence-corrected chi connectivity index (χ1v) is 8.72. The lowest BCUT2D eigenvalue weighted by Gasteiger charge is -2.15. The molecule has 0 spiro atoms. The molecule has 23 heavy (non-hydrogen) atoms. The number of hydrogen-bond donors (Lipinski definition) is 1. The molecule has 0 bridgehead atoms. The fraction of sp³-hybridized carbons (Fsp3) is 0.235. The Morgan fingerprint density at radius 2 is 1.83 bits per heavy atom. The Bertz CT molecular complexity index is 772. The maximum atomic E-state index is 12.4. The predicted octanol–water partition coefficient (Wildman–Crippen LogP) is 2.69. The van der Waals surface area contributed by atoms with Gasteiger partial charge in [-0.2, -0.15) is 0 Å². The fourth-order valence-electron chi connectivity index (χ4n) is 2.29. The number of ether oxygens (including phenoxy) is 1. The van der Waals surface area contributed by atoms with Crippen molar-refractivity contribution >= 4 is 15.9 Å². The molecule has 2 aromatic rings. The number of hydrogen-bond acceptors (Lipinski definition) is 4. The standard InChI is InChI=1S/C17H19NO4S/c1-3-16(13-8-5-4-6-9-13)17(19)18-23(20,21)15-11-7-10-14(12-15)22-2/h4-12,16H,3H2,1-2H3,(H,18,19). The first kappa shape index (κ1) is 17.0. The molecule has 6 heteroatoms. The van der Waals surface area contributed by atoms with Crippen molar-refractivity contribution in [2.45, 2.75) is 24.2 Å². The summed E-state index contributed by atoms with van der Waals surface area (Å²) in [6.45, 7) is 1.84. The highest BCUT2D eigenvalue weighted by Crippen LogP contribution is 2.21. The molecule has 0 saturated carbocycles. The number of nitrogens with one attached hydrogen (secondary N) is 1. The molecule has 1 amide bonds. The Balaban J connectivity index is 2.23. The molecule has 1 N–H and O–H groups in total. The van der Waals surface area contributed by atoms with E-state index in [4.69, 9.17) is 4.74 Å². The van der Waals surface area contributed by atoms with Crippen LogP contribution in [-0.2, 0) is 14.8 Å². The number of carbonyl (C=O) groups excluding carboxylic acids is 1. The summed E-state index contributed by atoms with van der Waals surface area (Å²) < 4.78 is 31.9. The largest absolute Gasteiger partial charge is 0.497 e. The SMILES string of the molecule is CCC(C(=O)NS(=O)(=O)c1cccc(OC)c1)c1ccccc1. The first-order chi connectivity index (χ1) is 11.0. The average Bonchev–Trinajstić information content (AvgIpc) is 2.56. The topological polar surface area (TPSA) is 72.5 Å². The molecule has 0 aliphatic carbocycles. The van der Waals surface area contributed by atoms with Crippen molar-refractivity contribution in [1.82, 2.24) is 4.72 Å². The molecular formula is C17H19NO4S. The number of amides is 1. The van der Waals surface area contributed by atoms with E-state index >= 15 is 0 Å². The summed E-state index contributed by atoms with van der Waals surface area (Å²) in [5.41, 5.74) is 0.786. The van der Waals surface area contributed by atoms with E-state index < -0.39 is 21.8 Å². The van der Waals surface area contributed by atoms with E-state index in [-0.39, 0.29) is 4.90 Å². The minimum absolute atomic E-state index is 0.00638. The maximum absolute atomic E-state index is 12.4. The molecule has 2 aromatic carbocycles. The van der Waals surface area contributed by atoms with Crippen molar-refractivity contribution in [3.63, 3.8) is 0 Å². The Kier molecular flexibility index (Phi) is 5.39. The normalized spacial score (nSPS) is 12.4. The van der Waals surface area contributed by atoms with Crippen LogP contribution in [0.4, 0.5) is 0 Å². The lowest BCUT2D eigenvalue weighted by molar-refractivity contribution is -0.120. The monoisotopic (exact) mass is 333 g/mol. The van der Waals surface area contributed by atoms with Crippen LogP contribution in [0.15, 0.2) is 59.5 Å². The molecule has 122 valence electrons. The Hall–Kier alpha value is -2.34. The zero-order chi connectivity index (χ0) is 16.9. The number of sulfonamides is 1. The van der Waals surface area contributed by atoms with Gasteiger partial charge in [-0.05, 0) is 24.1 Å². The van der Waals surface area contributed by atoms with Gasteiger partial charge in [-0.25, -0.2) is 13.1 Å². The molecule has 1 unspecified atom stereocenters. The van der Waals surface area contributed by atoms with E-state index in [9.17, 15) is 13.2 Å². The molecule has 1 atom stereocenters. The average molecular weight is 333 g/mol. The van der Waals surface area contributed by atoms with Crippen molar-refractivity contribution < 1.29 is 17.9 Å². The van der Waals surface area contributed by atoms with Crippen molar-refractivity contribution in [1.29, 1.82) is 0 Å². The van der Waals surface area contributed by atoms with Crippen molar-refractivity contribution in [3.05, 3.63) is 60.2 Å². The highest BCUT2D eigenvalue weighted by atomic mass is 32.2. The highest BCUT2D eigenvalue weighted by Gasteiger charge is 2.24. The Labute approximate surface area is 136 Å². The third kappa shape index (κ3) is 4.10. The van der Waals surface area contributed by atoms with Gasteiger partial charge in [-0.15, -0.1) is 0 Å². The van der Waals surface area contributed by atoms with E-state index in [2.05, 4.69) is 4.72 Å². The second kappa shape index (κ2) is 7.28. The summed E-state index contributed by atoms with van der Waals surface area (Å²) in [6.07, 6.45) is 0.503. The van der Waals surface area contributed by atoms with Gasteiger partial charge in [-0.1, -0.05) is 43.3 Å². The van der Waals surface area contributed by atoms with E-state index in [1.807, 2.05) is 37.3 Å². The minimum Gasteiger partial charge on any atom is -0.497 e. The van der Waals surface area contributed by atoms with Gasteiger partial charge in [0.15, 0.2) is 0 Å². The van der Waals surface area contributed by atoms with Crippen LogP contribution in [-0.4, -0.2) is 21.4 Å². The molecule has 0 aromatic heterocycles. The van der Waals surface area contributed by atoms with Gasteiger partial charge >= 0.3 is 0 Å². The zero-order valence-electron chi connectivity index (χ0n) is 13.0. The van der Waals surface area contributed by atoms with Crippen molar-refractivity contribution in [3.8, 4) is 5.75 Å². The molecule has 5 nitrogen and oxygen atoms in total. The lowest BCUT2D eigenvalue weighted by Crippen LogP contribution is -2.34. The van der Waals surface area contributed by atoms with Crippen molar-refractivity contribution in [2.75, 3.05) is 7.11 Å². The van der Waals surface area contributed by atoms with Crippen LogP contribution in [0.3, 0.4) is 0 Å². The van der Waals surface area contributed by atoms with Gasteiger partial charge in [0, 0.05) is 6.07 Å². The summed E-state index contributed by atoms with van der Waals surface area (Å²) in [4.78, 5) is 12.4. The van der Waals surface area contributed by atoms with Crippen LogP contribution in [0.25, 0.3) is 0 Å². The molecule has 0 aliphatic heterocycles. The van der Waals surface area contributed by atoms with Gasteiger partial charge in [0.2, 0.25) is 5.91 Å². The summed E-state index contributed by atoms with van der Waals surface area (Å²) >= 11 is 0. The van der Waals surface area contributed by atoms with Gasteiger partial charge in [0.25, 0.3) is 10.0 Å². The predicted molar refractivity (Wildman–Crippen MR) is 87.8 cm³/mol. The third-order valence-electron chi connectivity index (χ3n) is 3.51. The molecule has 0 heterocycles. The number of rotatable bonds is 6. The third-order valence-corrected chi connectivity index (χ3v) is 4.86. The molecule has 0 radical (unpaired) electrons. The number of methoxy groups -OCH3 is 1. The van der Waals surface area contributed by atoms with Gasteiger partial charge in [0.1, 0.15) is 5.75 Å². The Morgan fingerprint density at radius 1 is 1.13 bits per heavy atom. The Morgan fingerprint density at radius 3 is 2.43 bits per heavy atom. The molecule has 0 aliphatic rings. The van der Waals surface area contributed by atoms with Gasteiger partial charge in [-0.3, -0.25) is 4.79 Å². The first-order valence-electron chi connectivity index (χ1n) is 7.23. The summed E-state index contributed by atoms with van der Waals surface area (Å²) in [6, 6.07) is 15.1. The quantitative estimate of drug-likeness (QED) is 0.882. The summed E-state index contributed by atoms with van der Waals surface area (Å²) in [5.74, 6) is -0.645. The molecular weight excluding hydrogens is 314 g/mol. The zero-order valence-corrected chi connectivity index (χ0v) is 13.8. The van der Waals surface area contributed by atoms with E-state index in [0.29, 0.717) is 12.2 Å². The van der Waals surface area contributed by atoms with Gasteiger partial charge < -0.3 is 4.74 Å². The van der Waals surface area contributed by atoms with Crippen LogP contribution in [0.2, 0.25) is 0 Å². The van der Waals surface area contributed by atoms with Crippen LogP contribution in [0.1, 0.15) is 24.8 Å². The van der Waals surface area contributed by atoms with E-state index in [1.54, 1.807) is 12.1 Å². The molecule has 0 saturated heterocycles. The van der Waals surface area contributed by atoms with Crippen LogP contribution in [0, 0.1) is 0 Å². The number of carbonyl (C=O) groups is 1. The highest BCUT2D eigenvalue weighted by molar-refractivity contribution is 7.90. The lowest BCUT2D eigenvalue weighted by atomic mass is 9.96. The maximum Gasteiger partial charge on any atom is 0.264 e. The second-order valence-corrected chi connectivity index (χ2v) is 6.70. The van der Waals surface area contributed by atoms with Gasteiger partial charge in [0.05, 0.1) is 17.9 Å². The van der Waals surface area contributed by atoms with E-state index in [1.165, 1.54) is 19.2 Å². The summed E-state index contributed by atoms with van der Waals surface area (Å²) in [7, 11) is -2.48. The summed E-state index contributed by atoms with van der Waals surface area (Å²) in [5, 5.41) is 0. The van der Waals surface area contributed by atoms with Crippen LogP contribution in [0.5, 0.6) is 5.75 Å². The van der Waals surface area contributed by atoms with E-state index in [0.717, 1.165) is 5.56 Å². The van der Waals surface area contributed by atoms with Crippen LogP contribution < -0.4 is 9.46 Å². The van der Waals surface area contributed by atoms with Crippen molar-refractivity contribution in [2.24, 2.45) is 0 Å².